The van der Waals surface area contributed by atoms with Gasteiger partial charge in [0.1, 0.15) is 18.0 Å². The standard InChI is InChI=1S/C20H20Cl2N4O3S/c1-3-26-11-19(29-15-7-4-13(21)5-8-15)24-20(25-26)30-12-18(27)23-14-6-9-17(28-2)16(22)10-14/h4-10H,3,11-12H2,1-2H3,(H,23,27). The van der Waals surface area contributed by atoms with Crippen molar-refractivity contribution in [2.45, 2.75) is 6.92 Å². The number of amidine groups is 1. The summed E-state index contributed by atoms with van der Waals surface area (Å²) < 4.78 is 10.9. The van der Waals surface area contributed by atoms with E-state index in [1.807, 2.05) is 11.9 Å². The van der Waals surface area contributed by atoms with E-state index in [-0.39, 0.29) is 11.7 Å². The summed E-state index contributed by atoms with van der Waals surface area (Å²) in [7, 11) is 1.53. The molecular formula is C20H20Cl2N4O3S. The van der Waals surface area contributed by atoms with Gasteiger partial charge in [-0.1, -0.05) is 35.0 Å². The van der Waals surface area contributed by atoms with Gasteiger partial charge in [0.2, 0.25) is 17.0 Å². The van der Waals surface area contributed by atoms with Crippen molar-refractivity contribution in [2.75, 3.05) is 31.3 Å². The maximum atomic E-state index is 12.3. The Balaban J connectivity index is 1.60. The number of aliphatic imine (C=N–C) groups is 1. The number of hydrogen-bond acceptors (Lipinski definition) is 7. The number of nitrogens with one attached hydrogen (secondary N) is 1. The van der Waals surface area contributed by atoms with Gasteiger partial charge in [-0.25, -0.2) is 0 Å². The highest BCUT2D eigenvalue weighted by atomic mass is 35.5. The van der Waals surface area contributed by atoms with Crippen LogP contribution in [0.25, 0.3) is 0 Å². The monoisotopic (exact) mass is 466 g/mol. The second-order valence-electron chi connectivity index (χ2n) is 6.11. The van der Waals surface area contributed by atoms with Crippen molar-refractivity contribution in [3.05, 3.63) is 52.5 Å². The van der Waals surface area contributed by atoms with Crippen LogP contribution in [0.15, 0.2) is 52.6 Å². The summed E-state index contributed by atoms with van der Waals surface area (Å²) in [5.74, 6) is 1.61. The SMILES string of the molecule is CCN1CC(Oc2ccc(Cl)cc2)=NC(SCC(=O)Nc2ccc(OC)c(Cl)c2)=N1. The summed E-state index contributed by atoms with van der Waals surface area (Å²) >= 11 is 13.2. The lowest BCUT2D eigenvalue weighted by Crippen LogP contribution is -2.33. The minimum atomic E-state index is -0.201. The Morgan fingerprint density at radius 3 is 2.67 bits per heavy atom. The number of hydrazone groups is 1. The Hall–Kier alpha value is -2.42. The third kappa shape index (κ3) is 6.29. The smallest absolute Gasteiger partial charge is 0.234 e. The average molecular weight is 467 g/mol. The molecule has 1 aliphatic rings. The maximum absolute atomic E-state index is 12.3. The minimum absolute atomic E-state index is 0.137. The van der Waals surface area contributed by atoms with Gasteiger partial charge in [-0.3, -0.25) is 9.80 Å². The molecule has 0 saturated heterocycles. The number of anilines is 1. The molecule has 0 atom stereocenters. The van der Waals surface area contributed by atoms with Crippen molar-refractivity contribution in [1.29, 1.82) is 0 Å². The van der Waals surface area contributed by atoms with Gasteiger partial charge in [0.05, 0.1) is 17.9 Å². The first-order valence-electron chi connectivity index (χ1n) is 9.07. The third-order valence-corrected chi connectivity index (χ3v) is 5.33. The molecule has 30 heavy (non-hydrogen) atoms. The normalized spacial score (nSPS) is 13.4. The fourth-order valence-electron chi connectivity index (χ4n) is 2.49. The number of rotatable bonds is 6. The molecular weight excluding hydrogens is 447 g/mol. The lowest BCUT2D eigenvalue weighted by molar-refractivity contribution is -0.113. The first kappa shape index (κ1) is 22.3. The highest BCUT2D eigenvalue weighted by Crippen LogP contribution is 2.27. The van der Waals surface area contributed by atoms with Crippen LogP contribution in [0.4, 0.5) is 5.69 Å². The van der Waals surface area contributed by atoms with Crippen molar-refractivity contribution in [3.63, 3.8) is 0 Å². The Bertz CT molecular complexity index is 967. The van der Waals surface area contributed by atoms with Crippen molar-refractivity contribution >= 4 is 57.6 Å². The van der Waals surface area contributed by atoms with E-state index >= 15 is 0 Å². The number of carbonyl (C=O) groups is 1. The number of hydrogen-bond donors (Lipinski definition) is 1. The number of halogens is 2. The molecule has 2 aromatic carbocycles. The number of thioether (sulfide) groups is 1. The Kier molecular flexibility index (Phi) is 7.84. The summed E-state index contributed by atoms with van der Waals surface area (Å²) in [4.78, 5) is 16.7. The van der Waals surface area contributed by atoms with E-state index in [4.69, 9.17) is 32.7 Å². The summed E-state index contributed by atoms with van der Waals surface area (Å²) in [5.41, 5.74) is 0.586. The van der Waals surface area contributed by atoms with Crippen LogP contribution < -0.4 is 14.8 Å². The van der Waals surface area contributed by atoms with Crippen LogP contribution in [0.2, 0.25) is 10.0 Å². The van der Waals surface area contributed by atoms with Crippen LogP contribution in [-0.2, 0) is 4.79 Å². The van der Waals surface area contributed by atoms with Crippen molar-refractivity contribution in [1.82, 2.24) is 5.01 Å². The topological polar surface area (TPSA) is 75.5 Å². The third-order valence-electron chi connectivity index (χ3n) is 3.95. The van der Waals surface area contributed by atoms with Gasteiger partial charge >= 0.3 is 0 Å². The number of likely N-dealkylation sites (N-methyl/N-ethyl adjacent to an activating group) is 1. The molecule has 158 valence electrons. The molecule has 1 amide bonds. The molecule has 0 aliphatic carbocycles. The second kappa shape index (κ2) is 10.6. The number of methoxy groups -OCH3 is 1. The lowest BCUT2D eigenvalue weighted by Gasteiger charge is -2.23. The predicted molar refractivity (Wildman–Crippen MR) is 123 cm³/mol. The van der Waals surface area contributed by atoms with E-state index in [0.717, 1.165) is 0 Å². The molecule has 0 spiro atoms. The molecule has 0 saturated carbocycles. The number of ether oxygens (including phenoxy) is 2. The van der Waals surface area contributed by atoms with Crippen molar-refractivity contribution < 1.29 is 14.3 Å². The van der Waals surface area contributed by atoms with Crippen LogP contribution in [0.1, 0.15) is 6.92 Å². The van der Waals surface area contributed by atoms with Crippen LogP contribution in [0, 0.1) is 0 Å². The summed E-state index contributed by atoms with van der Waals surface area (Å²) in [6, 6.07) is 12.1. The number of benzene rings is 2. The molecule has 1 aliphatic heterocycles. The molecule has 0 fully saturated rings. The van der Waals surface area contributed by atoms with Gasteiger partial charge in [0.15, 0.2) is 0 Å². The zero-order valence-electron chi connectivity index (χ0n) is 16.4. The van der Waals surface area contributed by atoms with E-state index in [9.17, 15) is 4.79 Å². The Labute approximate surface area is 189 Å². The van der Waals surface area contributed by atoms with E-state index < -0.39 is 0 Å². The van der Waals surface area contributed by atoms with Crippen LogP contribution in [0.5, 0.6) is 11.5 Å². The molecule has 3 rings (SSSR count). The maximum Gasteiger partial charge on any atom is 0.234 e. The molecule has 7 nitrogen and oxygen atoms in total. The second-order valence-corrected chi connectivity index (χ2v) is 7.90. The summed E-state index contributed by atoms with van der Waals surface area (Å²) in [5, 5.41) is 10.6. The van der Waals surface area contributed by atoms with E-state index in [1.165, 1.54) is 18.9 Å². The van der Waals surface area contributed by atoms with Crippen LogP contribution in [0.3, 0.4) is 0 Å². The van der Waals surface area contributed by atoms with Crippen LogP contribution in [-0.4, -0.2) is 47.9 Å². The number of nitrogens with zero attached hydrogens (tertiary/aromatic N) is 3. The number of amides is 1. The highest BCUT2D eigenvalue weighted by molar-refractivity contribution is 8.14. The molecule has 1 N–H and O–H groups in total. The van der Waals surface area contributed by atoms with Crippen molar-refractivity contribution in [2.24, 2.45) is 10.1 Å². The fraction of sp³-hybridized carbons (Fsp3) is 0.250. The van der Waals surface area contributed by atoms with E-state index in [0.29, 0.717) is 51.4 Å². The molecule has 1 heterocycles. The summed E-state index contributed by atoms with van der Waals surface area (Å²) in [6.07, 6.45) is 0. The fourth-order valence-corrected chi connectivity index (χ4v) is 3.54. The predicted octanol–water partition coefficient (Wildman–Crippen LogP) is 4.76. The van der Waals surface area contributed by atoms with Gasteiger partial charge in [0, 0.05) is 17.3 Å². The lowest BCUT2D eigenvalue weighted by atomic mass is 10.3. The van der Waals surface area contributed by atoms with Gasteiger partial charge in [0.25, 0.3) is 0 Å². The van der Waals surface area contributed by atoms with Gasteiger partial charge < -0.3 is 14.8 Å². The van der Waals surface area contributed by atoms with Gasteiger partial charge in [-0.2, -0.15) is 4.99 Å². The van der Waals surface area contributed by atoms with Gasteiger partial charge in [-0.05, 0) is 49.4 Å². The summed E-state index contributed by atoms with van der Waals surface area (Å²) in [6.45, 7) is 3.11. The average Bonchev–Trinajstić information content (AvgIpc) is 2.74. The quantitative estimate of drug-likeness (QED) is 0.663. The van der Waals surface area contributed by atoms with Crippen LogP contribution >= 0.6 is 35.0 Å². The first-order valence-corrected chi connectivity index (χ1v) is 10.8. The highest BCUT2D eigenvalue weighted by Gasteiger charge is 2.18. The minimum Gasteiger partial charge on any atom is -0.495 e. The zero-order chi connectivity index (χ0) is 21.5. The molecule has 0 unspecified atom stereocenters. The largest absolute Gasteiger partial charge is 0.495 e. The van der Waals surface area contributed by atoms with Crippen molar-refractivity contribution in [3.8, 4) is 11.5 Å². The molecule has 0 radical (unpaired) electrons. The molecule has 2 aromatic rings. The Morgan fingerprint density at radius 1 is 1.23 bits per heavy atom. The first-order chi connectivity index (χ1) is 14.5. The van der Waals surface area contributed by atoms with E-state index in [1.54, 1.807) is 42.5 Å². The molecule has 10 heteroatoms. The van der Waals surface area contributed by atoms with E-state index in [2.05, 4.69) is 15.4 Å². The Morgan fingerprint density at radius 2 is 2.00 bits per heavy atom. The number of carbonyl (C=O) groups excluding carboxylic acids is 1. The van der Waals surface area contributed by atoms with Gasteiger partial charge in [-0.15, -0.1) is 5.10 Å². The molecule has 0 aromatic heterocycles. The zero-order valence-corrected chi connectivity index (χ0v) is 18.7. The molecule has 0 bridgehead atoms.